The summed E-state index contributed by atoms with van der Waals surface area (Å²) < 4.78 is 16.3. The minimum atomic E-state index is -0.0727. The van der Waals surface area contributed by atoms with Crippen molar-refractivity contribution in [2.45, 2.75) is 84.8 Å². The number of carbonyl (C=O) groups is 1. The van der Waals surface area contributed by atoms with Gasteiger partial charge in [0.05, 0.1) is 6.61 Å². The maximum Gasteiger partial charge on any atom is 0.305 e. The molecule has 0 bridgehead atoms. The lowest BCUT2D eigenvalue weighted by Gasteiger charge is -2.24. The Morgan fingerprint density at radius 1 is 1.18 bits per heavy atom. The van der Waals surface area contributed by atoms with Crippen LogP contribution < -0.4 is 0 Å². The Kier molecular flexibility index (Phi) is 9.73. The fraction of sp³-hybridized carbons (Fsp3) is 0.944. The van der Waals surface area contributed by atoms with Gasteiger partial charge in [0.15, 0.2) is 6.29 Å². The van der Waals surface area contributed by atoms with Crippen molar-refractivity contribution >= 4 is 5.97 Å². The molecule has 0 aliphatic carbocycles. The monoisotopic (exact) mass is 314 g/mol. The van der Waals surface area contributed by atoms with E-state index >= 15 is 0 Å². The van der Waals surface area contributed by atoms with Gasteiger partial charge < -0.3 is 14.2 Å². The van der Waals surface area contributed by atoms with E-state index in [4.69, 9.17) is 14.2 Å². The zero-order chi connectivity index (χ0) is 16.3. The molecule has 0 spiro atoms. The van der Waals surface area contributed by atoms with E-state index in [0.717, 1.165) is 38.9 Å². The van der Waals surface area contributed by atoms with Crippen LogP contribution in [-0.4, -0.2) is 32.1 Å². The Morgan fingerprint density at radius 2 is 2.00 bits per heavy atom. The Labute approximate surface area is 135 Å². The number of ether oxygens (including phenoxy) is 3. The summed E-state index contributed by atoms with van der Waals surface area (Å²) in [5, 5.41) is 0. The molecule has 22 heavy (non-hydrogen) atoms. The van der Waals surface area contributed by atoms with Gasteiger partial charge in [-0.1, -0.05) is 26.7 Å². The van der Waals surface area contributed by atoms with Crippen LogP contribution >= 0.6 is 0 Å². The first kappa shape index (κ1) is 19.4. The first-order valence-electron chi connectivity index (χ1n) is 8.92. The summed E-state index contributed by atoms with van der Waals surface area (Å²) in [4.78, 5) is 11.4. The number of esters is 1. The van der Waals surface area contributed by atoms with Crippen LogP contribution in [-0.2, 0) is 19.0 Å². The highest BCUT2D eigenvalue weighted by atomic mass is 16.7. The van der Waals surface area contributed by atoms with Crippen molar-refractivity contribution in [1.29, 1.82) is 0 Å². The summed E-state index contributed by atoms with van der Waals surface area (Å²) in [7, 11) is 0. The van der Waals surface area contributed by atoms with Gasteiger partial charge in [-0.3, -0.25) is 4.79 Å². The van der Waals surface area contributed by atoms with Crippen molar-refractivity contribution in [2.24, 2.45) is 5.41 Å². The number of hydrogen-bond donors (Lipinski definition) is 0. The first-order valence-corrected chi connectivity index (χ1v) is 8.92. The molecule has 0 saturated carbocycles. The van der Waals surface area contributed by atoms with Crippen molar-refractivity contribution in [3.8, 4) is 0 Å². The molecule has 0 N–H and O–H groups in total. The molecule has 1 fully saturated rings. The van der Waals surface area contributed by atoms with Crippen molar-refractivity contribution in [1.82, 2.24) is 0 Å². The van der Waals surface area contributed by atoms with Crippen molar-refractivity contribution in [2.75, 3.05) is 19.8 Å². The standard InChI is InChI=1S/C18H34O4/c1-4-20-16(19)11-13-18(2,3)12-7-5-8-14-21-17-10-6-9-15-22-17/h17H,4-15H2,1-3H3. The van der Waals surface area contributed by atoms with E-state index in [1.807, 2.05) is 6.92 Å². The normalized spacial score (nSPS) is 19.1. The van der Waals surface area contributed by atoms with E-state index < -0.39 is 0 Å². The minimum absolute atomic E-state index is 0.0368. The summed E-state index contributed by atoms with van der Waals surface area (Å²) in [6.07, 6.45) is 9.50. The second kappa shape index (κ2) is 11.0. The molecule has 4 nitrogen and oxygen atoms in total. The fourth-order valence-electron chi connectivity index (χ4n) is 2.74. The van der Waals surface area contributed by atoms with Gasteiger partial charge in [0.25, 0.3) is 0 Å². The number of carbonyl (C=O) groups excluding carboxylic acids is 1. The molecule has 1 saturated heterocycles. The topological polar surface area (TPSA) is 44.8 Å². The summed E-state index contributed by atoms with van der Waals surface area (Å²) in [5.41, 5.74) is 0.208. The van der Waals surface area contributed by atoms with Crippen LogP contribution in [0.5, 0.6) is 0 Å². The van der Waals surface area contributed by atoms with Crippen LogP contribution in [0.2, 0.25) is 0 Å². The predicted octanol–water partition coefficient (Wildman–Crippen LogP) is 4.46. The van der Waals surface area contributed by atoms with E-state index in [-0.39, 0.29) is 17.7 Å². The molecule has 130 valence electrons. The minimum Gasteiger partial charge on any atom is -0.466 e. The summed E-state index contributed by atoms with van der Waals surface area (Å²) in [6, 6.07) is 0. The first-order chi connectivity index (χ1) is 10.5. The van der Waals surface area contributed by atoms with E-state index in [0.29, 0.717) is 13.0 Å². The zero-order valence-corrected chi connectivity index (χ0v) is 14.7. The second-order valence-corrected chi connectivity index (χ2v) is 6.95. The van der Waals surface area contributed by atoms with Crippen molar-refractivity contribution in [3.05, 3.63) is 0 Å². The van der Waals surface area contributed by atoms with Gasteiger partial charge in [0.2, 0.25) is 0 Å². The van der Waals surface area contributed by atoms with E-state index in [9.17, 15) is 4.79 Å². The van der Waals surface area contributed by atoms with E-state index in [2.05, 4.69) is 13.8 Å². The molecule has 1 atom stereocenters. The van der Waals surface area contributed by atoms with Crippen LogP contribution in [0.4, 0.5) is 0 Å². The second-order valence-electron chi connectivity index (χ2n) is 6.95. The average molecular weight is 314 g/mol. The van der Waals surface area contributed by atoms with Gasteiger partial charge in [0.1, 0.15) is 0 Å². The van der Waals surface area contributed by atoms with Gasteiger partial charge in [-0.05, 0) is 50.9 Å². The van der Waals surface area contributed by atoms with Gasteiger partial charge in [-0.2, -0.15) is 0 Å². The number of unbranched alkanes of at least 4 members (excludes halogenated alkanes) is 2. The molecular weight excluding hydrogens is 280 g/mol. The lowest BCUT2D eigenvalue weighted by atomic mass is 9.82. The molecule has 0 amide bonds. The van der Waals surface area contributed by atoms with Crippen LogP contribution in [0.25, 0.3) is 0 Å². The highest BCUT2D eigenvalue weighted by Gasteiger charge is 2.19. The molecule has 0 aromatic heterocycles. The highest BCUT2D eigenvalue weighted by Crippen LogP contribution is 2.29. The van der Waals surface area contributed by atoms with Crippen LogP contribution in [0, 0.1) is 5.41 Å². The van der Waals surface area contributed by atoms with Crippen molar-refractivity contribution in [3.63, 3.8) is 0 Å². The third-order valence-corrected chi connectivity index (χ3v) is 4.25. The lowest BCUT2D eigenvalue weighted by molar-refractivity contribution is -0.162. The Morgan fingerprint density at radius 3 is 2.68 bits per heavy atom. The number of rotatable bonds is 11. The third kappa shape index (κ3) is 9.42. The lowest BCUT2D eigenvalue weighted by Crippen LogP contribution is -2.22. The summed E-state index contributed by atoms with van der Waals surface area (Å²) >= 11 is 0. The summed E-state index contributed by atoms with van der Waals surface area (Å²) in [6.45, 7) is 8.44. The molecule has 0 aromatic carbocycles. The largest absolute Gasteiger partial charge is 0.466 e. The molecule has 1 unspecified atom stereocenters. The van der Waals surface area contributed by atoms with E-state index in [1.54, 1.807) is 0 Å². The molecule has 1 aliphatic heterocycles. The Balaban J connectivity index is 1.98. The maximum atomic E-state index is 11.4. The average Bonchev–Trinajstić information content (AvgIpc) is 2.50. The molecule has 0 aromatic rings. The van der Waals surface area contributed by atoms with Crippen LogP contribution in [0.1, 0.15) is 78.6 Å². The molecular formula is C18H34O4. The van der Waals surface area contributed by atoms with E-state index in [1.165, 1.54) is 25.7 Å². The molecule has 1 rings (SSSR count). The van der Waals surface area contributed by atoms with Gasteiger partial charge >= 0.3 is 5.97 Å². The van der Waals surface area contributed by atoms with Gasteiger partial charge in [-0.15, -0.1) is 0 Å². The number of hydrogen-bond acceptors (Lipinski definition) is 4. The van der Waals surface area contributed by atoms with Gasteiger partial charge in [-0.25, -0.2) is 0 Å². The molecule has 4 heteroatoms. The van der Waals surface area contributed by atoms with Crippen LogP contribution in [0.15, 0.2) is 0 Å². The molecule has 1 heterocycles. The molecule has 1 aliphatic rings. The third-order valence-electron chi connectivity index (χ3n) is 4.25. The smallest absolute Gasteiger partial charge is 0.305 e. The quantitative estimate of drug-likeness (QED) is 0.417. The fourth-order valence-corrected chi connectivity index (χ4v) is 2.74. The van der Waals surface area contributed by atoms with Crippen molar-refractivity contribution < 1.29 is 19.0 Å². The van der Waals surface area contributed by atoms with Crippen LogP contribution in [0.3, 0.4) is 0 Å². The summed E-state index contributed by atoms with van der Waals surface area (Å²) in [5.74, 6) is -0.0727. The highest BCUT2D eigenvalue weighted by molar-refractivity contribution is 5.69. The molecule has 0 radical (unpaired) electrons. The SMILES string of the molecule is CCOC(=O)CCC(C)(C)CCCCCOC1CCCCO1. The Hall–Kier alpha value is -0.610. The zero-order valence-electron chi connectivity index (χ0n) is 14.7. The van der Waals surface area contributed by atoms with Gasteiger partial charge in [0, 0.05) is 19.6 Å². The maximum absolute atomic E-state index is 11.4. The predicted molar refractivity (Wildman–Crippen MR) is 87.7 cm³/mol. The Bertz CT molecular complexity index is 295.